The van der Waals surface area contributed by atoms with Crippen LogP contribution in [0.15, 0.2) is 35.7 Å². The number of rotatable bonds is 5. The standard InChI is InChI=1S/C13H16N6O2/c1-19-10(5-7-17-19)4-6-15-13(20)11-3-2-9(8-16-11)12(14)18-21/h2-3,5,7-8,21H,4,6H2,1H3,(H2,14,18)(H,15,20). The molecule has 0 saturated carbocycles. The summed E-state index contributed by atoms with van der Waals surface area (Å²) in [6.07, 6.45) is 3.78. The summed E-state index contributed by atoms with van der Waals surface area (Å²) in [6, 6.07) is 4.99. The first-order valence-corrected chi connectivity index (χ1v) is 6.31. The summed E-state index contributed by atoms with van der Waals surface area (Å²) in [6.45, 7) is 0.488. The number of hydrogen-bond donors (Lipinski definition) is 3. The van der Waals surface area contributed by atoms with Gasteiger partial charge in [-0.15, -0.1) is 0 Å². The largest absolute Gasteiger partial charge is 0.409 e. The molecule has 110 valence electrons. The molecule has 2 heterocycles. The Kier molecular flexibility index (Phi) is 4.50. The van der Waals surface area contributed by atoms with Crippen LogP contribution in [0.5, 0.6) is 0 Å². The molecular weight excluding hydrogens is 272 g/mol. The average molecular weight is 288 g/mol. The van der Waals surface area contributed by atoms with Gasteiger partial charge >= 0.3 is 0 Å². The van der Waals surface area contributed by atoms with E-state index in [4.69, 9.17) is 10.9 Å². The van der Waals surface area contributed by atoms with Crippen LogP contribution in [0.4, 0.5) is 0 Å². The predicted molar refractivity (Wildman–Crippen MR) is 76.0 cm³/mol. The molecule has 0 fully saturated rings. The van der Waals surface area contributed by atoms with Crippen LogP contribution in [0.25, 0.3) is 0 Å². The Morgan fingerprint density at radius 1 is 1.48 bits per heavy atom. The van der Waals surface area contributed by atoms with E-state index in [9.17, 15) is 4.79 Å². The highest BCUT2D eigenvalue weighted by Gasteiger charge is 2.08. The van der Waals surface area contributed by atoms with E-state index in [0.717, 1.165) is 5.69 Å². The molecule has 1 amide bonds. The highest BCUT2D eigenvalue weighted by Crippen LogP contribution is 2.01. The van der Waals surface area contributed by atoms with Gasteiger partial charge in [-0.25, -0.2) is 0 Å². The number of nitrogens with zero attached hydrogens (tertiary/aromatic N) is 4. The second-order valence-electron chi connectivity index (χ2n) is 4.37. The number of hydrogen-bond acceptors (Lipinski definition) is 5. The van der Waals surface area contributed by atoms with Gasteiger partial charge in [0.1, 0.15) is 5.69 Å². The third-order valence-corrected chi connectivity index (χ3v) is 2.99. The molecule has 0 radical (unpaired) electrons. The summed E-state index contributed by atoms with van der Waals surface area (Å²) in [4.78, 5) is 15.9. The molecule has 0 aliphatic heterocycles. The van der Waals surface area contributed by atoms with E-state index < -0.39 is 0 Å². The summed E-state index contributed by atoms with van der Waals surface area (Å²) in [5, 5.41) is 18.2. The SMILES string of the molecule is Cn1nccc1CCNC(=O)c1ccc(/C(N)=N/O)cn1. The molecule has 0 unspecified atom stereocenters. The van der Waals surface area contributed by atoms with Crippen molar-refractivity contribution in [2.45, 2.75) is 6.42 Å². The van der Waals surface area contributed by atoms with Crippen LogP contribution in [0.3, 0.4) is 0 Å². The van der Waals surface area contributed by atoms with Crippen LogP contribution in [0.2, 0.25) is 0 Å². The van der Waals surface area contributed by atoms with Crippen molar-refractivity contribution in [3.63, 3.8) is 0 Å². The smallest absolute Gasteiger partial charge is 0.269 e. The van der Waals surface area contributed by atoms with E-state index in [1.807, 2.05) is 13.1 Å². The molecule has 2 rings (SSSR count). The first kappa shape index (κ1) is 14.5. The number of nitrogens with two attached hydrogens (primary N) is 1. The molecule has 0 atom stereocenters. The van der Waals surface area contributed by atoms with Crippen molar-refractivity contribution in [3.05, 3.63) is 47.5 Å². The van der Waals surface area contributed by atoms with Crippen LogP contribution in [0.1, 0.15) is 21.7 Å². The molecule has 0 aromatic carbocycles. The lowest BCUT2D eigenvalue weighted by Crippen LogP contribution is -2.27. The van der Waals surface area contributed by atoms with Crippen molar-refractivity contribution in [2.24, 2.45) is 17.9 Å². The minimum atomic E-state index is -0.275. The molecule has 2 aromatic rings. The van der Waals surface area contributed by atoms with Gasteiger partial charge in [-0.05, 0) is 18.2 Å². The molecule has 0 spiro atoms. The topological polar surface area (TPSA) is 118 Å². The number of carbonyl (C=O) groups excluding carboxylic acids is 1. The quantitative estimate of drug-likeness (QED) is 0.307. The summed E-state index contributed by atoms with van der Waals surface area (Å²) in [5.74, 6) is -0.325. The van der Waals surface area contributed by atoms with Crippen LogP contribution in [-0.4, -0.2) is 38.3 Å². The normalized spacial score (nSPS) is 11.4. The van der Waals surface area contributed by atoms with Gasteiger partial charge in [-0.1, -0.05) is 5.16 Å². The number of amidine groups is 1. The van der Waals surface area contributed by atoms with Gasteiger partial charge in [-0.2, -0.15) is 5.10 Å². The second-order valence-corrected chi connectivity index (χ2v) is 4.37. The Hall–Kier alpha value is -2.90. The third kappa shape index (κ3) is 3.56. The maximum Gasteiger partial charge on any atom is 0.269 e. The van der Waals surface area contributed by atoms with Crippen LogP contribution in [0, 0.1) is 0 Å². The predicted octanol–water partition coefficient (Wildman–Crippen LogP) is -0.118. The van der Waals surface area contributed by atoms with E-state index >= 15 is 0 Å². The van der Waals surface area contributed by atoms with E-state index in [2.05, 4.69) is 20.6 Å². The monoisotopic (exact) mass is 288 g/mol. The summed E-state index contributed by atoms with van der Waals surface area (Å²) in [7, 11) is 1.85. The Bertz CT molecular complexity index is 647. The van der Waals surface area contributed by atoms with Crippen molar-refractivity contribution < 1.29 is 10.0 Å². The number of pyridine rings is 1. The molecular formula is C13H16N6O2. The first-order valence-electron chi connectivity index (χ1n) is 6.31. The number of aromatic nitrogens is 3. The van der Waals surface area contributed by atoms with Gasteiger partial charge in [0, 0.05) is 43.7 Å². The van der Waals surface area contributed by atoms with Gasteiger partial charge in [0.15, 0.2) is 5.84 Å². The minimum absolute atomic E-state index is 0.0503. The van der Waals surface area contributed by atoms with Crippen molar-refractivity contribution >= 4 is 11.7 Å². The van der Waals surface area contributed by atoms with Crippen LogP contribution < -0.4 is 11.1 Å². The Labute approximate surface area is 121 Å². The molecule has 8 nitrogen and oxygen atoms in total. The van der Waals surface area contributed by atoms with Crippen molar-refractivity contribution in [3.8, 4) is 0 Å². The first-order chi connectivity index (χ1) is 10.1. The number of nitrogens with one attached hydrogen (secondary N) is 1. The molecule has 8 heteroatoms. The fraction of sp³-hybridized carbons (Fsp3) is 0.231. The Morgan fingerprint density at radius 2 is 2.29 bits per heavy atom. The highest BCUT2D eigenvalue weighted by molar-refractivity contribution is 5.98. The molecule has 4 N–H and O–H groups in total. The number of oxime groups is 1. The second kappa shape index (κ2) is 6.51. The fourth-order valence-electron chi connectivity index (χ4n) is 1.78. The van der Waals surface area contributed by atoms with E-state index in [0.29, 0.717) is 18.5 Å². The zero-order valence-electron chi connectivity index (χ0n) is 11.5. The van der Waals surface area contributed by atoms with Gasteiger partial charge in [0.2, 0.25) is 0 Å². The lowest BCUT2D eigenvalue weighted by atomic mass is 10.2. The molecule has 0 saturated heterocycles. The van der Waals surface area contributed by atoms with Gasteiger partial charge < -0.3 is 16.3 Å². The van der Waals surface area contributed by atoms with Crippen LogP contribution >= 0.6 is 0 Å². The van der Waals surface area contributed by atoms with Crippen molar-refractivity contribution in [1.82, 2.24) is 20.1 Å². The van der Waals surface area contributed by atoms with E-state index in [-0.39, 0.29) is 17.4 Å². The molecule has 0 bridgehead atoms. The van der Waals surface area contributed by atoms with Gasteiger partial charge in [0.05, 0.1) is 0 Å². The summed E-state index contributed by atoms with van der Waals surface area (Å²) >= 11 is 0. The Balaban J connectivity index is 1.90. The van der Waals surface area contributed by atoms with E-state index in [1.54, 1.807) is 16.9 Å². The molecule has 2 aromatic heterocycles. The van der Waals surface area contributed by atoms with Gasteiger partial charge in [-0.3, -0.25) is 14.5 Å². The number of amides is 1. The number of aryl methyl sites for hydroxylation is 1. The van der Waals surface area contributed by atoms with Crippen molar-refractivity contribution in [1.29, 1.82) is 0 Å². The van der Waals surface area contributed by atoms with E-state index in [1.165, 1.54) is 12.3 Å². The third-order valence-electron chi connectivity index (χ3n) is 2.99. The molecule has 0 aliphatic rings. The maximum absolute atomic E-state index is 11.9. The lowest BCUT2D eigenvalue weighted by molar-refractivity contribution is 0.0949. The average Bonchev–Trinajstić information content (AvgIpc) is 2.92. The number of carbonyl (C=O) groups is 1. The zero-order chi connectivity index (χ0) is 15.2. The minimum Gasteiger partial charge on any atom is -0.409 e. The molecule has 0 aliphatic carbocycles. The maximum atomic E-state index is 11.9. The highest BCUT2D eigenvalue weighted by atomic mass is 16.4. The summed E-state index contributed by atoms with van der Waals surface area (Å²) in [5.41, 5.74) is 7.17. The van der Waals surface area contributed by atoms with Gasteiger partial charge in [0.25, 0.3) is 5.91 Å². The van der Waals surface area contributed by atoms with Crippen LogP contribution in [-0.2, 0) is 13.5 Å². The fourth-order valence-corrected chi connectivity index (χ4v) is 1.78. The molecule has 21 heavy (non-hydrogen) atoms. The Morgan fingerprint density at radius 3 is 2.86 bits per heavy atom. The zero-order valence-corrected chi connectivity index (χ0v) is 11.5. The van der Waals surface area contributed by atoms with Crippen molar-refractivity contribution in [2.75, 3.05) is 6.54 Å². The summed E-state index contributed by atoms with van der Waals surface area (Å²) < 4.78 is 1.76. The lowest BCUT2D eigenvalue weighted by Gasteiger charge is -2.05.